The van der Waals surface area contributed by atoms with E-state index in [9.17, 15) is 0 Å². The van der Waals surface area contributed by atoms with E-state index in [1.54, 1.807) is 14.2 Å². The summed E-state index contributed by atoms with van der Waals surface area (Å²) in [6, 6.07) is 4.12. The largest absolute Gasteiger partial charge is 0.493 e. The molecule has 4 aliphatic rings. The van der Waals surface area contributed by atoms with Crippen molar-refractivity contribution in [1.29, 1.82) is 0 Å². The van der Waals surface area contributed by atoms with E-state index in [-0.39, 0.29) is 17.0 Å². The zero-order chi connectivity index (χ0) is 22.8. The molecule has 1 heterocycles. The zero-order valence-electron chi connectivity index (χ0n) is 20.7. The van der Waals surface area contributed by atoms with Gasteiger partial charge in [0.05, 0.1) is 34.0 Å². The van der Waals surface area contributed by atoms with Crippen LogP contribution >= 0.6 is 32.9 Å². The lowest BCUT2D eigenvalue weighted by atomic mass is 9.45. The predicted molar refractivity (Wildman–Crippen MR) is 140 cm³/mol. The molecule has 1 aromatic carbocycles. The van der Waals surface area contributed by atoms with Crippen LogP contribution in [0.5, 0.6) is 11.5 Å². The summed E-state index contributed by atoms with van der Waals surface area (Å²) in [4.78, 5) is 0. The van der Waals surface area contributed by atoms with Crippen molar-refractivity contribution < 1.29 is 23.4 Å². The standard InChI is InChI=1S/C26H41BrNO4.BrH/c1-26(2)21-6-5-19(22(26)16-21)7-11-31-12-8-28(9-13-32-14-10-28)18-20-15-24(29-3)25(30-4)17-23(20)27;/h15,17,19,21-22H,5-14,16,18H2,1-4H3;1H/q+1;/t19?,21-,22-;/m0./s1. The molecule has 4 fully saturated rings. The summed E-state index contributed by atoms with van der Waals surface area (Å²) >= 11 is 3.75. The van der Waals surface area contributed by atoms with Gasteiger partial charge in [0.25, 0.3) is 0 Å². The predicted octanol–water partition coefficient (Wildman–Crippen LogP) is 5.87. The minimum Gasteiger partial charge on any atom is -0.493 e. The van der Waals surface area contributed by atoms with Crippen molar-refractivity contribution in [1.82, 2.24) is 0 Å². The Morgan fingerprint density at radius 1 is 1.06 bits per heavy atom. The molecule has 2 bridgehead atoms. The molecular weight excluding hydrogens is 550 g/mol. The summed E-state index contributed by atoms with van der Waals surface area (Å²) in [5.74, 6) is 4.30. The van der Waals surface area contributed by atoms with Crippen LogP contribution in [-0.4, -0.2) is 64.8 Å². The molecule has 5 nitrogen and oxygen atoms in total. The van der Waals surface area contributed by atoms with Crippen molar-refractivity contribution in [3.63, 3.8) is 0 Å². The van der Waals surface area contributed by atoms with E-state index < -0.39 is 0 Å². The molecule has 3 atom stereocenters. The fraction of sp³-hybridized carbons (Fsp3) is 0.769. The van der Waals surface area contributed by atoms with E-state index >= 15 is 0 Å². The number of quaternary nitrogens is 1. The normalized spacial score (nSPS) is 27.2. The maximum absolute atomic E-state index is 6.23. The van der Waals surface area contributed by atoms with Crippen LogP contribution in [0.4, 0.5) is 0 Å². The molecule has 33 heavy (non-hydrogen) atoms. The first-order valence-corrected chi connectivity index (χ1v) is 13.1. The van der Waals surface area contributed by atoms with Gasteiger partial charge >= 0.3 is 0 Å². The van der Waals surface area contributed by atoms with Crippen LogP contribution in [0.1, 0.15) is 45.1 Å². The van der Waals surface area contributed by atoms with E-state index in [1.807, 2.05) is 6.07 Å². The van der Waals surface area contributed by atoms with Crippen LogP contribution in [0, 0.1) is 23.2 Å². The lowest BCUT2D eigenvalue weighted by molar-refractivity contribution is -0.947. The van der Waals surface area contributed by atoms with Gasteiger partial charge in [0.2, 0.25) is 0 Å². The zero-order valence-corrected chi connectivity index (χ0v) is 24.0. The molecule has 0 radical (unpaired) electrons. The van der Waals surface area contributed by atoms with Crippen LogP contribution < -0.4 is 9.47 Å². The van der Waals surface area contributed by atoms with Crippen molar-refractivity contribution in [3.8, 4) is 11.5 Å². The first-order valence-electron chi connectivity index (χ1n) is 12.3. The van der Waals surface area contributed by atoms with Crippen molar-refractivity contribution in [2.24, 2.45) is 23.2 Å². The van der Waals surface area contributed by atoms with Crippen molar-refractivity contribution in [3.05, 3.63) is 22.2 Å². The van der Waals surface area contributed by atoms with Crippen LogP contribution in [0.15, 0.2) is 16.6 Å². The highest BCUT2D eigenvalue weighted by atomic mass is 79.9. The average Bonchev–Trinajstić information content (AvgIpc) is 2.80. The highest BCUT2D eigenvalue weighted by Crippen LogP contribution is 2.61. The van der Waals surface area contributed by atoms with Crippen LogP contribution in [0.25, 0.3) is 0 Å². The maximum atomic E-state index is 6.23. The minimum absolute atomic E-state index is 0. The van der Waals surface area contributed by atoms with E-state index in [0.717, 1.165) is 90.8 Å². The number of benzene rings is 1. The fourth-order valence-electron chi connectivity index (χ4n) is 6.47. The van der Waals surface area contributed by atoms with E-state index in [2.05, 4.69) is 35.8 Å². The minimum atomic E-state index is 0. The van der Waals surface area contributed by atoms with Gasteiger partial charge in [0.15, 0.2) is 11.5 Å². The smallest absolute Gasteiger partial charge is 0.161 e. The first-order chi connectivity index (χ1) is 15.4. The van der Waals surface area contributed by atoms with Gasteiger partial charge in [-0.15, -0.1) is 17.0 Å². The molecule has 0 spiro atoms. The van der Waals surface area contributed by atoms with Gasteiger partial charge in [0.1, 0.15) is 26.2 Å². The van der Waals surface area contributed by atoms with Gasteiger partial charge < -0.3 is 23.4 Å². The molecule has 1 aromatic rings. The summed E-state index contributed by atoms with van der Waals surface area (Å²) in [6.07, 6.45) is 5.52. The first kappa shape index (κ1) is 27.3. The SMILES string of the molecule is Br.COc1cc(Br)c(C[N+]2(CCOCCC3CC[C@H]4C[C@@H]3C4(C)C)CCOCC2)cc1OC. The van der Waals surface area contributed by atoms with Crippen molar-refractivity contribution >= 4 is 32.9 Å². The van der Waals surface area contributed by atoms with Gasteiger partial charge in [-0.25, -0.2) is 0 Å². The van der Waals surface area contributed by atoms with Crippen LogP contribution in [0.2, 0.25) is 0 Å². The van der Waals surface area contributed by atoms with Gasteiger partial charge in [-0.1, -0.05) is 29.8 Å². The van der Waals surface area contributed by atoms with E-state index in [1.165, 1.54) is 31.2 Å². The van der Waals surface area contributed by atoms with Gasteiger partial charge in [-0.3, -0.25) is 0 Å². The third-order valence-corrected chi connectivity index (χ3v) is 9.56. The second-order valence-corrected chi connectivity index (χ2v) is 11.5. The monoisotopic (exact) mass is 590 g/mol. The quantitative estimate of drug-likeness (QED) is 0.252. The number of hydrogen-bond acceptors (Lipinski definition) is 4. The van der Waals surface area contributed by atoms with Crippen LogP contribution in [-0.2, 0) is 16.0 Å². The van der Waals surface area contributed by atoms with Crippen molar-refractivity contribution in [2.75, 3.05) is 60.3 Å². The lowest BCUT2D eigenvalue weighted by Gasteiger charge is -2.60. The fourth-order valence-corrected chi connectivity index (χ4v) is 6.92. The Hall–Kier alpha value is -0.340. The van der Waals surface area contributed by atoms with Crippen molar-refractivity contribution in [2.45, 2.75) is 46.1 Å². The summed E-state index contributed by atoms with van der Waals surface area (Å²) in [5.41, 5.74) is 1.81. The molecule has 3 aliphatic carbocycles. The van der Waals surface area contributed by atoms with Gasteiger partial charge in [-0.2, -0.15) is 0 Å². The van der Waals surface area contributed by atoms with Crippen LogP contribution in [0.3, 0.4) is 0 Å². The molecule has 0 N–H and O–H groups in total. The summed E-state index contributed by atoms with van der Waals surface area (Å²) in [7, 11) is 3.37. The molecule has 5 rings (SSSR count). The number of halogens is 2. The Balaban J connectivity index is 0.00000306. The molecule has 188 valence electrons. The molecule has 7 heteroatoms. The third kappa shape index (κ3) is 5.91. The number of rotatable bonds is 10. The average molecular weight is 592 g/mol. The Kier molecular flexibility index (Phi) is 9.58. The van der Waals surface area contributed by atoms with E-state index in [4.69, 9.17) is 18.9 Å². The van der Waals surface area contributed by atoms with E-state index in [0.29, 0.717) is 5.41 Å². The molecule has 0 aromatic heterocycles. The Labute approximate surface area is 219 Å². The molecule has 3 saturated carbocycles. The molecule has 1 unspecified atom stereocenters. The number of hydrogen-bond donors (Lipinski definition) is 0. The number of fused-ring (bicyclic) bond motifs is 2. The topological polar surface area (TPSA) is 36.9 Å². The highest BCUT2D eigenvalue weighted by Gasteiger charge is 2.53. The highest BCUT2D eigenvalue weighted by molar-refractivity contribution is 9.10. The Morgan fingerprint density at radius 2 is 1.76 bits per heavy atom. The molecule has 1 aliphatic heterocycles. The number of methoxy groups -OCH3 is 2. The Morgan fingerprint density at radius 3 is 2.39 bits per heavy atom. The number of ether oxygens (including phenoxy) is 4. The summed E-state index contributed by atoms with van der Waals surface area (Å²) < 4.78 is 25.0. The lowest BCUT2D eigenvalue weighted by Crippen LogP contribution is -2.56. The number of nitrogens with zero attached hydrogens (tertiary/aromatic N) is 1. The summed E-state index contributed by atoms with van der Waals surface area (Å²) in [5, 5.41) is 0. The maximum Gasteiger partial charge on any atom is 0.161 e. The number of morpholine rings is 1. The molecular formula is C26H42Br2NO4+. The molecule has 1 saturated heterocycles. The second-order valence-electron chi connectivity index (χ2n) is 10.7. The Bertz CT molecular complexity index is 780. The third-order valence-electron chi connectivity index (χ3n) is 8.82. The summed E-state index contributed by atoms with van der Waals surface area (Å²) in [6.45, 7) is 12.3. The molecule has 0 amide bonds. The van der Waals surface area contributed by atoms with Gasteiger partial charge in [-0.05, 0) is 61.0 Å². The van der Waals surface area contributed by atoms with Gasteiger partial charge in [0, 0.05) is 16.6 Å². The second kappa shape index (κ2) is 11.6.